The summed E-state index contributed by atoms with van der Waals surface area (Å²) < 4.78 is 5.20. The summed E-state index contributed by atoms with van der Waals surface area (Å²) in [5, 5.41) is 7.88. The lowest BCUT2D eigenvalue weighted by Gasteiger charge is -2.13. The molecule has 3 N–H and O–H groups in total. The maximum absolute atomic E-state index is 12.2. The van der Waals surface area contributed by atoms with E-state index in [4.69, 9.17) is 4.74 Å². The van der Waals surface area contributed by atoms with Crippen molar-refractivity contribution in [2.45, 2.75) is 13.8 Å². The molecule has 0 aliphatic heterocycles. The van der Waals surface area contributed by atoms with Gasteiger partial charge in [-0.25, -0.2) is 0 Å². The Bertz CT molecular complexity index is 833. The lowest BCUT2D eigenvalue weighted by Crippen LogP contribution is -2.33. The molecule has 0 aliphatic rings. The zero-order valence-corrected chi connectivity index (χ0v) is 14.9. The standard InChI is InChI=1S/C19H21N3O4/c1-12-6-4-5-7-15(12)19(25)20-11-18(24)22-16-10-14(21-13(2)23)8-9-17(16)26-3/h4-10H,11H2,1-3H3,(H,20,25)(H,21,23)(H,22,24). The van der Waals surface area contributed by atoms with Gasteiger partial charge in [0.2, 0.25) is 11.8 Å². The van der Waals surface area contributed by atoms with Gasteiger partial charge in [0.25, 0.3) is 5.91 Å². The molecule has 0 aliphatic carbocycles. The largest absolute Gasteiger partial charge is 0.495 e. The van der Waals surface area contributed by atoms with E-state index in [0.717, 1.165) is 5.56 Å². The molecule has 7 heteroatoms. The Morgan fingerprint density at radius 3 is 2.42 bits per heavy atom. The van der Waals surface area contributed by atoms with Gasteiger partial charge in [0.05, 0.1) is 19.3 Å². The van der Waals surface area contributed by atoms with Crippen molar-refractivity contribution in [3.63, 3.8) is 0 Å². The molecule has 2 aromatic rings. The van der Waals surface area contributed by atoms with Gasteiger partial charge in [-0.15, -0.1) is 0 Å². The molecule has 0 spiro atoms. The van der Waals surface area contributed by atoms with Gasteiger partial charge in [-0.05, 0) is 36.8 Å². The maximum atomic E-state index is 12.2. The summed E-state index contributed by atoms with van der Waals surface area (Å²) >= 11 is 0. The van der Waals surface area contributed by atoms with Crippen LogP contribution >= 0.6 is 0 Å². The highest BCUT2D eigenvalue weighted by atomic mass is 16.5. The number of anilines is 2. The summed E-state index contributed by atoms with van der Waals surface area (Å²) in [6.45, 7) is 3.03. The van der Waals surface area contributed by atoms with Crippen molar-refractivity contribution in [1.29, 1.82) is 0 Å². The van der Waals surface area contributed by atoms with Crippen LogP contribution in [0.15, 0.2) is 42.5 Å². The molecule has 0 aromatic heterocycles. The number of aryl methyl sites for hydroxylation is 1. The van der Waals surface area contributed by atoms with Gasteiger partial charge in [-0.1, -0.05) is 18.2 Å². The Kier molecular flexibility index (Phi) is 6.32. The van der Waals surface area contributed by atoms with Crippen LogP contribution in [0.1, 0.15) is 22.8 Å². The number of carbonyl (C=O) groups excluding carboxylic acids is 3. The second-order valence-electron chi connectivity index (χ2n) is 5.64. The van der Waals surface area contributed by atoms with Crippen molar-refractivity contribution in [2.75, 3.05) is 24.3 Å². The number of ether oxygens (including phenoxy) is 1. The number of nitrogens with one attached hydrogen (secondary N) is 3. The van der Waals surface area contributed by atoms with Crippen molar-refractivity contribution in [1.82, 2.24) is 5.32 Å². The van der Waals surface area contributed by atoms with E-state index in [1.165, 1.54) is 14.0 Å². The van der Waals surface area contributed by atoms with E-state index in [-0.39, 0.29) is 18.4 Å². The molecule has 26 heavy (non-hydrogen) atoms. The monoisotopic (exact) mass is 355 g/mol. The predicted molar refractivity (Wildman–Crippen MR) is 99.4 cm³/mol. The van der Waals surface area contributed by atoms with E-state index in [2.05, 4.69) is 16.0 Å². The fraction of sp³-hybridized carbons (Fsp3) is 0.211. The SMILES string of the molecule is COc1ccc(NC(C)=O)cc1NC(=O)CNC(=O)c1ccccc1C. The molecule has 0 heterocycles. The van der Waals surface area contributed by atoms with Gasteiger partial charge in [0, 0.05) is 18.2 Å². The summed E-state index contributed by atoms with van der Waals surface area (Å²) in [7, 11) is 1.48. The highest BCUT2D eigenvalue weighted by Crippen LogP contribution is 2.27. The molecule has 2 rings (SSSR count). The first-order chi connectivity index (χ1) is 12.4. The van der Waals surface area contributed by atoms with E-state index in [1.54, 1.807) is 30.3 Å². The Morgan fingerprint density at radius 2 is 1.77 bits per heavy atom. The average Bonchev–Trinajstić information content (AvgIpc) is 2.60. The third-order valence-corrected chi connectivity index (χ3v) is 3.59. The lowest BCUT2D eigenvalue weighted by molar-refractivity contribution is -0.115. The highest BCUT2D eigenvalue weighted by molar-refractivity contribution is 6.01. The van der Waals surface area contributed by atoms with Crippen LogP contribution in [0, 0.1) is 6.92 Å². The quantitative estimate of drug-likeness (QED) is 0.741. The Labute approximate surface area is 151 Å². The number of hydrogen-bond acceptors (Lipinski definition) is 4. The van der Waals surface area contributed by atoms with Gasteiger partial charge in [-0.3, -0.25) is 14.4 Å². The summed E-state index contributed by atoms with van der Waals surface area (Å²) in [4.78, 5) is 35.5. The first-order valence-electron chi connectivity index (χ1n) is 8.00. The molecule has 0 fully saturated rings. The third kappa shape index (κ3) is 5.07. The molecule has 136 valence electrons. The molecule has 0 bridgehead atoms. The summed E-state index contributed by atoms with van der Waals surface area (Å²) in [5.74, 6) is -0.516. The van der Waals surface area contributed by atoms with Crippen molar-refractivity contribution in [3.05, 3.63) is 53.6 Å². The predicted octanol–water partition coefficient (Wildman–Crippen LogP) is 2.33. The Morgan fingerprint density at radius 1 is 1.04 bits per heavy atom. The molecular formula is C19H21N3O4. The molecule has 0 saturated heterocycles. The minimum Gasteiger partial charge on any atom is -0.495 e. The van der Waals surface area contributed by atoms with Crippen molar-refractivity contribution >= 4 is 29.1 Å². The lowest BCUT2D eigenvalue weighted by atomic mass is 10.1. The number of hydrogen-bond donors (Lipinski definition) is 3. The first kappa shape index (κ1) is 19.0. The molecule has 0 atom stereocenters. The van der Waals surface area contributed by atoms with E-state index in [1.807, 2.05) is 19.1 Å². The van der Waals surface area contributed by atoms with Gasteiger partial charge < -0.3 is 20.7 Å². The van der Waals surface area contributed by atoms with E-state index >= 15 is 0 Å². The molecule has 7 nitrogen and oxygen atoms in total. The molecule has 0 saturated carbocycles. The second kappa shape index (κ2) is 8.66. The van der Waals surface area contributed by atoms with Crippen LogP contribution in [0.3, 0.4) is 0 Å². The number of amides is 3. The van der Waals surface area contributed by atoms with Gasteiger partial charge in [0.15, 0.2) is 0 Å². The highest BCUT2D eigenvalue weighted by Gasteiger charge is 2.12. The van der Waals surface area contributed by atoms with Crippen molar-refractivity contribution < 1.29 is 19.1 Å². The minimum absolute atomic E-state index is 0.194. The van der Waals surface area contributed by atoms with Gasteiger partial charge >= 0.3 is 0 Å². The minimum atomic E-state index is -0.412. The van der Waals surface area contributed by atoms with Crippen LogP contribution in [-0.4, -0.2) is 31.4 Å². The third-order valence-electron chi connectivity index (χ3n) is 3.59. The topological polar surface area (TPSA) is 96.5 Å². The zero-order valence-electron chi connectivity index (χ0n) is 14.9. The fourth-order valence-electron chi connectivity index (χ4n) is 2.36. The van der Waals surface area contributed by atoms with E-state index < -0.39 is 5.91 Å². The maximum Gasteiger partial charge on any atom is 0.251 e. The fourth-order valence-corrected chi connectivity index (χ4v) is 2.36. The number of carbonyl (C=O) groups is 3. The molecular weight excluding hydrogens is 334 g/mol. The second-order valence-corrected chi connectivity index (χ2v) is 5.64. The van der Waals surface area contributed by atoms with Crippen LogP contribution in [-0.2, 0) is 9.59 Å². The van der Waals surface area contributed by atoms with Crippen LogP contribution < -0.4 is 20.7 Å². The van der Waals surface area contributed by atoms with E-state index in [9.17, 15) is 14.4 Å². The average molecular weight is 355 g/mol. The van der Waals surface area contributed by atoms with Gasteiger partial charge in [0.1, 0.15) is 5.75 Å². The number of benzene rings is 2. The Balaban J connectivity index is 2.02. The van der Waals surface area contributed by atoms with Crippen molar-refractivity contribution in [3.8, 4) is 5.75 Å². The van der Waals surface area contributed by atoms with E-state index in [0.29, 0.717) is 22.7 Å². The number of methoxy groups -OCH3 is 1. The van der Waals surface area contributed by atoms with Gasteiger partial charge in [-0.2, -0.15) is 0 Å². The van der Waals surface area contributed by atoms with Crippen LogP contribution in [0.2, 0.25) is 0 Å². The molecule has 2 aromatic carbocycles. The molecule has 0 radical (unpaired) electrons. The summed E-state index contributed by atoms with van der Waals surface area (Å²) in [6.07, 6.45) is 0. The Hall–Kier alpha value is -3.35. The van der Waals surface area contributed by atoms with Crippen LogP contribution in [0.4, 0.5) is 11.4 Å². The first-order valence-corrected chi connectivity index (χ1v) is 8.00. The van der Waals surface area contributed by atoms with Crippen LogP contribution in [0.5, 0.6) is 5.75 Å². The van der Waals surface area contributed by atoms with Crippen LogP contribution in [0.25, 0.3) is 0 Å². The summed E-state index contributed by atoms with van der Waals surface area (Å²) in [6, 6.07) is 12.0. The zero-order chi connectivity index (χ0) is 19.1. The molecule has 0 unspecified atom stereocenters. The molecule has 3 amide bonds. The normalized spacial score (nSPS) is 9.96. The smallest absolute Gasteiger partial charge is 0.251 e. The summed E-state index contributed by atoms with van der Waals surface area (Å²) in [5.41, 5.74) is 2.27. The van der Waals surface area contributed by atoms with Crippen molar-refractivity contribution in [2.24, 2.45) is 0 Å². The number of rotatable bonds is 6.